The summed E-state index contributed by atoms with van der Waals surface area (Å²) in [5.41, 5.74) is 1.20. The fourth-order valence-corrected chi connectivity index (χ4v) is 1.69. The molecule has 0 N–H and O–H groups in total. The number of hydrogen-bond donors (Lipinski definition) is 0. The summed E-state index contributed by atoms with van der Waals surface area (Å²) in [6, 6.07) is 8.37. The molecule has 0 bridgehead atoms. The summed E-state index contributed by atoms with van der Waals surface area (Å²) in [4.78, 5) is 4.51. The fourth-order valence-electron chi connectivity index (χ4n) is 1.69. The molecule has 0 amide bonds. The van der Waals surface area contributed by atoms with Gasteiger partial charge < -0.3 is 9.47 Å². The molecule has 1 aromatic rings. The van der Waals surface area contributed by atoms with Crippen LogP contribution in [0.4, 0.5) is 0 Å². The third-order valence-corrected chi connectivity index (χ3v) is 2.75. The van der Waals surface area contributed by atoms with Gasteiger partial charge in [-0.05, 0) is 24.1 Å². The zero-order valence-corrected chi connectivity index (χ0v) is 9.77. The summed E-state index contributed by atoms with van der Waals surface area (Å²) in [6.45, 7) is 2.87. The Balaban J connectivity index is 1.99. The van der Waals surface area contributed by atoms with Crippen molar-refractivity contribution in [2.24, 2.45) is 4.99 Å². The van der Waals surface area contributed by atoms with Crippen LogP contribution in [0.25, 0.3) is 0 Å². The van der Waals surface area contributed by atoms with E-state index in [2.05, 4.69) is 11.9 Å². The van der Waals surface area contributed by atoms with Crippen LogP contribution in [0.3, 0.4) is 0 Å². The van der Waals surface area contributed by atoms with Gasteiger partial charge in [0.05, 0.1) is 13.2 Å². The monoisotopic (exact) mass is 219 g/mol. The van der Waals surface area contributed by atoms with E-state index in [9.17, 15) is 0 Å². The molecule has 0 saturated heterocycles. The normalized spacial score (nSPS) is 19.1. The van der Waals surface area contributed by atoms with E-state index in [1.54, 1.807) is 7.11 Å². The van der Waals surface area contributed by atoms with E-state index in [1.165, 1.54) is 5.56 Å². The highest BCUT2D eigenvalue weighted by Gasteiger charge is 2.16. The molecule has 0 aromatic heterocycles. The average Bonchev–Trinajstić information content (AvgIpc) is 2.78. The molecule has 0 saturated carbocycles. The number of aliphatic imine (C=N–C) groups is 1. The van der Waals surface area contributed by atoms with Crippen molar-refractivity contribution in [3.05, 3.63) is 29.8 Å². The van der Waals surface area contributed by atoms with Crippen LogP contribution >= 0.6 is 0 Å². The van der Waals surface area contributed by atoms with E-state index in [4.69, 9.17) is 9.47 Å². The Labute approximate surface area is 96.1 Å². The maximum absolute atomic E-state index is 5.54. The number of benzene rings is 1. The highest BCUT2D eigenvalue weighted by molar-refractivity contribution is 5.80. The molecule has 1 heterocycles. The molecule has 3 heteroatoms. The molecular weight excluding hydrogens is 202 g/mol. The third-order valence-electron chi connectivity index (χ3n) is 2.75. The van der Waals surface area contributed by atoms with Gasteiger partial charge in [-0.25, -0.2) is 4.99 Å². The van der Waals surface area contributed by atoms with Crippen molar-refractivity contribution in [3.63, 3.8) is 0 Å². The van der Waals surface area contributed by atoms with E-state index in [0.717, 1.165) is 31.1 Å². The number of rotatable bonds is 4. The van der Waals surface area contributed by atoms with Crippen LogP contribution in [0.5, 0.6) is 5.75 Å². The van der Waals surface area contributed by atoms with Gasteiger partial charge >= 0.3 is 0 Å². The van der Waals surface area contributed by atoms with Crippen molar-refractivity contribution < 1.29 is 9.47 Å². The molecule has 0 unspecified atom stereocenters. The number of hydrogen-bond acceptors (Lipinski definition) is 3. The van der Waals surface area contributed by atoms with Crippen LogP contribution in [0.15, 0.2) is 29.3 Å². The second-order valence-electron chi connectivity index (χ2n) is 3.92. The molecule has 1 aliphatic heterocycles. The van der Waals surface area contributed by atoms with Crippen molar-refractivity contribution in [3.8, 4) is 5.75 Å². The van der Waals surface area contributed by atoms with Crippen LogP contribution in [0.1, 0.15) is 18.9 Å². The first kappa shape index (κ1) is 11.0. The molecule has 16 heavy (non-hydrogen) atoms. The van der Waals surface area contributed by atoms with Gasteiger partial charge in [0.25, 0.3) is 0 Å². The standard InChI is InChI=1S/C13H17NO2/c1-3-11-9-16-13(14-11)8-10-4-6-12(15-2)7-5-10/h4-7,11H,3,8-9H2,1-2H3/t11-/m0/s1. The number of methoxy groups -OCH3 is 1. The molecule has 1 aliphatic rings. The zero-order chi connectivity index (χ0) is 11.4. The third kappa shape index (κ3) is 2.54. The van der Waals surface area contributed by atoms with Crippen molar-refractivity contribution in [1.82, 2.24) is 0 Å². The molecule has 2 rings (SSSR count). The Hall–Kier alpha value is -1.51. The maximum Gasteiger partial charge on any atom is 0.188 e. The smallest absolute Gasteiger partial charge is 0.188 e. The summed E-state index contributed by atoms with van der Waals surface area (Å²) >= 11 is 0. The number of ether oxygens (including phenoxy) is 2. The highest BCUT2D eigenvalue weighted by Crippen LogP contribution is 2.15. The van der Waals surface area contributed by atoms with E-state index in [-0.39, 0.29) is 0 Å². The summed E-state index contributed by atoms with van der Waals surface area (Å²) in [5, 5.41) is 0. The van der Waals surface area contributed by atoms with Gasteiger partial charge in [0.1, 0.15) is 12.4 Å². The molecule has 1 aromatic carbocycles. The predicted octanol–water partition coefficient (Wildman–Crippen LogP) is 2.45. The van der Waals surface area contributed by atoms with E-state index >= 15 is 0 Å². The van der Waals surface area contributed by atoms with Gasteiger partial charge in [-0.15, -0.1) is 0 Å². The van der Waals surface area contributed by atoms with E-state index in [0.29, 0.717) is 6.04 Å². The van der Waals surface area contributed by atoms with Crippen LogP contribution in [-0.4, -0.2) is 25.7 Å². The van der Waals surface area contributed by atoms with Crippen molar-refractivity contribution in [2.45, 2.75) is 25.8 Å². The largest absolute Gasteiger partial charge is 0.497 e. The topological polar surface area (TPSA) is 30.8 Å². The lowest BCUT2D eigenvalue weighted by Crippen LogP contribution is -2.04. The van der Waals surface area contributed by atoms with Crippen LogP contribution in [0, 0.1) is 0 Å². The van der Waals surface area contributed by atoms with Gasteiger partial charge in [-0.1, -0.05) is 19.1 Å². The van der Waals surface area contributed by atoms with Crippen LogP contribution < -0.4 is 4.74 Å². The van der Waals surface area contributed by atoms with Crippen LogP contribution in [-0.2, 0) is 11.2 Å². The minimum Gasteiger partial charge on any atom is -0.497 e. The SMILES string of the molecule is CC[C@H]1COC(Cc2ccc(OC)cc2)=N1. The van der Waals surface area contributed by atoms with Crippen LogP contribution in [0.2, 0.25) is 0 Å². The first-order valence-corrected chi connectivity index (χ1v) is 5.64. The van der Waals surface area contributed by atoms with Gasteiger partial charge in [0, 0.05) is 6.42 Å². The Morgan fingerprint density at radius 2 is 2.12 bits per heavy atom. The lowest BCUT2D eigenvalue weighted by atomic mass is 10.1. The number of nitrogens with zero attached hydrogens (tertiary/aromatic N) is 1. The second kappa shape index (κ2) is 5.01. The van der Waals surface area contributed by atoms with E-state index < -0.39 is 0 Å². The molecular formula is C13H17NO2. The van der Waals surface area contributed by atoms with E-state index in [1.807, 2.05) is 24.3 Å². The molecule has 0 aliphatic carbocycles. The minimum atomic E-state index is 0.355. The second-order valence-corrected chi connectivity index (χ2v) is 3.92. The Kier molecular flexibility index (Phi) is 3.44. The molecule has 86 valence electrons. The predicted molar refractivity (Wildman–Crippen MR) is 64.2 cm³/mol. The average molecular weight is 219 g/mol. The molecule has 0 spiro atoms. The Bertz CT molecular complexity index is 370. The molecule has 0 fully saturated rings. The lowest BCUT2D eigenvalue weighted by Gasteiger charge is -2.03. The first-order chi connectivity index (χ1) is 7.81. The van der Waals surface area contributed by atoms with Crippen molar-refractivity contribution >= 4 is 5.90 Å². The quantitative estimate of drug-likeness (QED) is 0.778. The zero-order valence-electron chi connectivity index (χ0n) is 9.77. The molecule has 3 nitrogen and oxygen atoms in total. The minimum absolute atomic E-state index is 0.355. The van der Waals surface area contributed by atoms with Gasteiger partial charge in [0.2, 0.25) is 0 Å². The van der Waals surface area contributed by atoms with Crippen molar-refractivity contribution in [1.29, 1.82) is 0 Å². The van der Waals surface area contributed by atoms with Gasteiger partial charge in [-0.3, -0.25) is 0 Å². The summed E-state index contributed by atoms with van der Waals surface area (Å²) in [7, 11) is 1.67. The Morgan fingerprint density at radius 1 is 1.38 bits per heavy atom. The van der Waals surface area contributed by atoms with Gasteiger partial charge in [-0.2, -0.15) is 0 Å². The highest BCUT2D eigenvalue weighted by atomic mass is 16.5. The summed E-state index contributed by atoms with van der Waals surface area (Å²) in [6.07, 6.45) is 1.83. The fraction of sp³-hybridized carbons (Fsp3) is 0.462. The lowest BCUT2D eigenvalue weighted by molar-refractivity contribution is 0.309. The Morgan fingerprint density at radius 3 is 2.69 bits per heavy atom. The van der Waals surface area contributed by atoms with Crippen molar-refractivity contribution in [2.75, 3.05) is 13.7 Å². The molecule has 0 radical (unpaired) electrons. The summed E-state index contributed by atoms with van der Waals surface area (Å²) in [5.74, 6) is 1.74. The summed E-state index contributed by atoms with van der Waals surface area (Å²) < 4.78 is 10.6. The van der Waals surface area contributed by atoms with Gasteiger partial charge in [0.15, 0.2) is 5.90 Å². The molecule has 1 atom stereocenters. The maximum atomic E-state index is 5.54. The first-order valence-electron chi connectivity index (χ1n) is 5.64.